The zero-order valence-corrected chi connectivity index (χ0v) is 13.7. The van der Waals surface area contributed by atoms with E-state index in [2.05, 4.69) is 15.8 Å². The summed E-state index contributed by atoms with van der Waals surface area (Å²) in [7, 11) is 0. The predicted octanol–water partition coefficient (Wildman–Crippen LogP) is 2.92. The van der Waals surface area contributed by atoms with E-state index >= 15 is 0 Å². The highest BCUT2D eigenvalue weighted by Gasteiger charge is 2.13. The number of hydrogen-bond donors (Lipinski definition) is 3. The fourth-order valence-corrected chi connectivity index (χ4v) is 2.76. The molecule has 1 saturated carbocycles. The Hall–Kier alpha value is -1.82. The van der Waals surface area contributed by atoms with Crippen LogP contribution < -0.4 is 15.5 Å². The van der Waals surface area contributed by atoms with Crippen LogP contribution in [0.25, 0.3) is 0 Å². The van der Waals surface area contributed by atoms with Gasteiger partial charge in [0.1, 0.15) is 0 Å². The van der Waals surface area contributed by atoms with Crippen molar-refractivity contribution in [3.05, 3.63) is 23.8 Å². The van der Waals surface area contributed by atoms with E-state index in [9.17, 15) is 5.11 Å². The van der Waals surface area contributed by atoms with Gasteiger partial charge >= 0.3 is 0 Å². The lowest BCUT2D eigenvalue weighted by atomic mass is 9.96. The van der Waals surface area contributed by atoms with Crippen LogP contribution in [-0.2, 0) is 0 Å². The first-order valence-corrected chi connectivity index (χ1v) is 8.16. The van der Waals surface area contributed by atoms with Gasteiger partial charge < -0.3 is 15.2 Å². The van der Waals surface area contributed by atoms with Crippen molar-refractivity contribution < 1.29 is 9.84 Å². The summed E-state index contributed by atoms with van der Waals surface area (Å²) in [4.78, 5) is 0. The highest BCUT2D eigenvalue weighted by Crippen LogP contribution is 2.28. The maximum absolute atomic E-state index is 10.1. The van der Waals surface area contributed by atoms with E-state index in [-0.39, 0.29) is 5.75 Å². The van der Waals surface area contributed by atoms with Gasteiger partial charge in [0.05, 0.1) is 12.8 Å². The number of hydrazone groups is 1. The van der Waals surface area contributed by atoms with Gasteiger partial charge in [-0.05, 0) is 44.1 Å². The molecule has 0 amide bonds. The highest BCUT2D eigenvalue weighted by molar-refractivity contribution is 7.80. The number of para-hydroxylation sites is 1. The number of ether oxygens (including phenoxy) is 1. The second-order valence-corrected chi connectivity index (χ2v) is 5.71. The van der Waals surface area contributed by atoms with E-state index in [1.165, 1.54) is 25.5 Å². The number of phenolic OH excluding ortho intramolecular Hbond substituents is 1. The monoisotopic (exact) mass is 321 g/mol. The number of hydrogen-bond acceptors (Lipinski definition) is 4. The molecule has 1 aromatic carbocycles. The van der Waals surface area contributed by atoms with E-state index in [1.807, 2.05) is 13.0 Å². The van der Waals surface area contributed by atoms with Crippen molar-refractivity contribution >= 4 is 23.5 Å². The molecular weight excluding hydrogens is 298 g/mol. The lowest BCUT2D eigenvalue weighted by Gasteiger charge is -2.23. The maximum Gasteiger partial charge on any atom is 0.187 e. The Morgan fingerprint density at radius 1 is 1.41 bits per heavy atom. The van der Waals surface area contributed by atoms with Crippen LogP contribution in [0.4, 0.5) is 0 Å². The summed E-state index contributed by atoms with van der Waals surface area (Å²) in [5.41, 5.74) is 3.38. The molecule has 5 nitrogen and oxygen atoms in total. The fraction of sp³-hybridized carbons (Fsp3) is 0.500. The van der Waals surface area contributed by atoms with E-state index in [0.717, 1.165) is 12.8 Å². The number of nitrogens with zero attached hydrogens (tertiary/aromatic N) is 1. The van der Waals surface area contributed by atoms with Crippen molar-refractivity contribution in [1.29, 1.82) is 0 Å². The third kappa shape index (κ3) is 4.87. The van der Waals surface area contributed by atoms with Crippen LogP contribution in [-0.4, -0.2) is 29.1 Å². The molecular formula is C16H23N3O2S. The molecule has 0 saturated heterocycles. The SMILES string of the molecule is CCOc1cccc(/C=N\NC(=S)NC2CCCCC2)c1O. The standard InChI is InChI=1S/C16H23N3O2S/c1-2-21-14-10-6-7-12(15(14)20)11-17-19-16(22)18-13-8-4-3-5-9-13/h6-7,10-11,13,20H,2-5,8-9H2,1H3,(H2,18,19,22)/b17-11-. The van der Waals surface area contributed by atoms with Crippen LogP contribution in [0, 0.1) is 0 Å². The van der Waals surface area contributed by atoms with Gasteiger partial charge in [-0.1, -0.05) is 25.3 Å². The quantitative estimate of drug-likeness (QED) is 0.442. The van der Waals surface area contributed by atoms with Crippen LogP contribution in [0.15, 0.2) is 23.3 Å². The first-order chi connectivity index (χ1) is 10.7. The van der Waals surface area contributed by atoms with Gasteiger partial charge in [0.15, 0.2) is 16.6 Å². The molecule has 1 fully saturated rings. The number of phenols is 1. The average molecular weight is 321 g/mol. The van der Waals surface area contributed by atoms with Crippen LogP contribution >= 0.6 is 12.2 Å². The van der Waals surface area contributed by atoms with Crippen molar-refractivity contribution in [2.75, 3.05) is 6.61 Å². The van der Waals surface area contributed by atoms with Gasteiger partial charge in [-0.15, -0.1) is 0 Å². The van der Waals surface area contributed by atoms with Gasteiger partial charge in [0.2, 0.25) is 0 Å². The molecule has 22 heavy (non-hydrogen) atoms. The summed E-state index contributed by atoms with van der Waals surface area (Å²) in [5, 5.41) is 17.9. The van der Waals surface area contributed by atoms with Crippen molar-refractivity contribution in [1.82, 2.24) is 10.7 Å². The number of rotatable bonds is 5. The van der Waals surface area contributed by atoms with E-state index < -0.39 is 0 Å². The topological polar surface area (TPSA) is 65.9 Å². The minimum Gasteiger partial charge on any atom is -0.504 e. The van der Waals surface area contributed by atoms with Crippen molar-refractivity contribution in [3.8, 4) is 11.5 Å². The summed E-state index contributed by atoms with van der Waals surface area (Å²) in [6.07, 6.45) is 7.66. The lowest BCUT2D eigenvalue weighted by molar-refractivity contribution is 0.318. The predicted molar refractivity (Wildman–Crippen MR) is 92.6 cm³/mol. The Bertz CT molecular complexity index is 528. The molecule has 0 atom stereocenters. The highest BCUT2D eigenvalue weighted by atomic mass is 32.1. The third-order valence-corrected chi connectivity index (χ3v) is 3.85. The molecule has 0 heterocycles. The number of aromatic hydroxyl groups is 1. The van der Waals surface area contributed by atoms with E-state index in [4.69, 9.17) is 17.0 Å². The normalized spacial score (nSPS) is 15.7. The van der Waals surface area contributed by atoms with Crippen LogP contribution in [0.5, 0.6) is 11.5 Å². The van der Waals surface area contributed by atoms with Crippen molar-refractivity contribution in [3.63, 3.8) is 0 Å². The van der Waals surface area contributed by atoms with Crippen LogP contribution in [0.2, 0.25) is 0 Å². The zero-order valence-electron chi connectivity index (χ0n) is 12.8. The summed E-state index contributed by atoms with van der Waals surface area (Å²) in [6, 6.07) is 5.74. The van der Waals surface area contributed by atoms with Crippen molar-refractivity contribution in [2.24, 2.45) is 5.10 Å². The molecule has 1 aliphatic rings. The average Bonchev–Trinajstić information content (AvgIpc) is 2.52. The molecule has 0 aromatic heterocycles. The Labute approximate surface area is 136 Å². The Kier molecular flexibility index (Phi) is 6.45. The van der Waals surface area contributed by atoms with Crippen molar-refractivity contribution in [2.45, 2.75) is 45.1 Å². The summed E-state index contributed by atoms with van der Waals surface area (Å²) < 4.78 is 5.34. The van der Waals surface area contributed by atoms with Crippen LogP contribution in [0.1, 0.15) is 44.6 Å². The molecule has 1 aromatic rings. The minimum absolute atomic E-state index is 0.0843. The second kappa shape index (κ2) is 8.58. The lowest BCUT2D eigenvalue weighted by Crippen LogP contribution is -2.40. The molecule has 0 bridgehead atoms. The first-order valence-electron chi connectivity index (χ1n) is 7.75. The molecule has 2 rings (SSSR count). The largest absolute Gasteiger partial charge is 0.504 e. The number of benzene rings is 1. The minimum atomic E-state index is 0.0843. The van der Waals surface area contributed by atoms with E-state index in [1.54, 1.807) is 12.1 Å². The third-order valence-electron chi connectivity index (χ3n) is 3.64. The number of nitrogens with one attached hydrogen (secondary N) is 2. The van der Waals surface area contributed by atoms with Gasteiger partial charge in [-0.25, -0.2) is 0 Å². The smallest absolute Gasteiger partial charge is 0.187 e. The van der Waals surface area contributed by atoms with Crippen LogP contribution in [0.3, 0.4) is 0 Å². The molecule has 0 aliphatic heterocycles. The molecule has 0 unspecified atom stereocenters. The zero-order chi connectivity index (χ0) is 15.8. The molecule has 0 radical (unpaired) electrons. The Morgan fingerprint density at radius 2 is 2.18 bits per heavy atom. The second-order valence-electron chi connectivity index (χ2n) is 5.31. The molecule has 3 N–H and O–H groups in total. The molecule has 1 aliphatic carbocycles. The van der Waals surface area contributed by atoms with Gasteiger partial charge in [-0.3, -0.25) is 5.43 Å². The fourth-order valence-electron chi connectivity index (χ4n) is 2.54. The molecule has 120 valence electrons. The molecule has 6 heteroatoms. The molecule has 0 spiro atoms. The number of thiocarbonyl (C=S) groups is 1. The van der Waals surface area contributed by atoms with Gasteiger partial charge in [0.25, 0.3) is 0 Å². The maximum atomic E-state index is 10.1. The summed E-state index contributed by atoms with van der Waals surface area (Å²) in [6.45, 7) is 2.37. The summed E-state index contributed by atoms with van der Waals surface area (Å²) in [5.74, 6) is 0.537. The Balaban J connectivity index is 1.86. The Morgan fingerprint density at radius 3 is 2.91 bits per heavy atom. The first kappa shape index (κ1) is 16.5. The van der Waals surface area contributed by atoms with E-state index in [0.29, 0.717) is 29.1 Å². The summed E-state index contributed by atoms with van der Waals surface area (Å²) >= 11 is 5.23. The van der Waals surface area contributed by atoms with Gasteiger partial charge in [0, 0.05) is 11.6 Å². The van der Waals surface area contributed by atoms with Gasteiger partial charge in [-0.2, -0.15) is 5.10 Å².